The first-order valence-corrected chi connectivity index (χ1v) is 6.57. The summed E-state index contributed by atoms with van der Waals surface area (Å²) in [6.07, 6.45) is 4.38. The second-order valence-electron chi connectivity index (χ2n) is 5.41. The van der Waals surface area contributed by atoms with E-state index in [2.05, 4.69) is 34.4 Å². The van der Waals surface area contributed by atoms with Crippen LogP contribution in [0.15, 0.2) is 12.4 Å². The largest absolute Gasteiger partial charge is 0.347 e. The molecular weight excluding hydrogens is 228 g/mol. The quantitative estimate of drug-likeness (QED) is 0.752. The molecule has 2 rings (SSSR count). The van der Waals surface area contributed by atoms with Crippen LogP contribution in [0.25, 0.3) is 0 Å². The summed E-state index contributed by atoms with van der Waals surface area (Å²) in [7, 11) is 0. The molecule has 1 aliphatic heterocycles. The first-order valence-electron chi connectivity index (χ1n) is 6.57. The third-order valence-corrected chi connectivity index (χ3v) is 4.02. The molecule has 2 heterocycles. The van der Waals surface area contributed by atoms with E-state index in [0.29, 0.717) is 5.92 Å². The van der Waals surface area contributed by atoms with Gasteiger partial charge in [0.05, 0.1) is 11.5 Å². The predicted molar refractivity (Wildman–Crippen MR) is 69.9 cm³/mol. The Morgan fingerprint density at radius 3 is 2.78 bits per heavy atom. The van der Waals surface area contributed by atoms with Crippen molar-refractivity contribution in [3.8, 4) is 0 Å². The third kappa shape index (κ3) is 2.27. The van der Waals surface area contributed by atoms with Crippen molar-refractivity contribution in [1.82, 2.24) is 20.6 Å². The Kier molecular flexibility index (Phi) is 3.71. The van der Waals surface area contributed by atoms with E-state index in [-0.39, 0.29) is 17.4 Å². The minimum Gasteiger partial charge on any atom is -0.347 e. The van der Waals surface area contributed by atoms with Gasteiger partial charge in [-0.05, 0) is 25.8 Å². The molecular formula is C13H22N4O. The van der Waals surface area contributed by atoms with E-state index in [1.807, 2.05) is 6.92 Å². The molecule has 1 saturated heterocycles. The van der Waals surface area contributed by atoms with Crippen LogP contribution < -0.4 is 10.6 Å². The van der Waals surface area contributed by atoms with Crippen LogP contribution in [-0.2, 0) is 4.79 Å². The topological polar surface area (TPSA) is 69.8 Å². The first-order chi connectivity index (χ1) is 8.56. The normalized spacial score (nSPS) is 25.3. The van der Waals surface area contributed by atoms with Crippen LogP contribution in [0, 0.1) is 11.3 Å². The third-order valence-electron chi connectivity index (χ3n) is 4.02. The molecule has 1 aromatic heterocycles. The van der Waals surface area contributed by atoms with E-state index in [1.165, 1.54) is 0 Å². The molecule has 2 unspecified atom stereocenters. The Morgan fingerprint density at radius 2 is 2.28 bits per heavy atom. The highest BCUT2D eigenvalue weighted by atomic mass is 16.2. The maximum Gasteiger partial charge on any atom is 0.228 e. The second kappa shape index (κ2) is 5.10. The molecule has 18 heavy (non-hydrogen) atoms. The summed E-state index contributed by atoms with van der Waals surface area (Å²) in [5.41, 5.74) is -0.277. The second-order valence-corrected chi connectivity index (χ2v) is 5.41. The number of aromatic nitrogens is 2. The Hall–Kier alpha value is -1.36. The van der Waals surface area contributed by atoms with E-state index in [9.17, 15) is 4.79 Å². The first kappa shape index (κ1) is 13.1. The number of imidazole rings is 1. The van der Waals surface area contributed by atoms with Gasteiger partial charge in [0.25, 0.3) is 0 Å². The van der Waals surface area contributed by atoms with Gasteiger partial charge in [0, 0.05) is 18.9 Å². The lowest BCUT2D eigenvalue weighted by Crippen LogP contribution is -2.46. The van der Waals surface area contributed by atoms with Gasteiger partial charge >= 0.3 is 0 Å². The highest BCUT2D eigenvalue weighted by molar-refractivity contribution is 5.83. The fourth-order valence-electron chi connectivity index (χ4n) is 2.58. The number of hydrogen-bond donors (Lipinski definition) is 3. The van der Waals surface area contributed by atoms with E-state index >= 15 is 0 Å². The van der Waals surface area contributed by atoms with E-state index in [1.54, 1.807) is 12.4 Å². The predicted octanol–water partition coefficient (Wildman–Crippen LogP) is 1.22. The Balaban J connectivity index is 2.06. The zero-order valence-corrected chi connectivity index (χ0v) is 11.3. The molecule has 1 amide bonds. The molecule has 0 radical (unpaired) electrons. The number of H-pyrrole nitrogens is 1. The lowest BCUT2D eigenvalue weighted by atomic mass is 9.75. The number of nitrogens with one attached hydrogen (secondary N) is 3. The van der Waals surface area contributed by atoms with Gasteiger partial charge < -0.3 is 15.6 Å². The van der Waals surface area contributed by atoms with Crippen molar-refractivity contribution in [3.63, 3.8) is 0 Å². The van der Waals surface area contributed by atoms with Crippen LogP contribution in [0.5, 0.6) is 0 Å². The molecule has 0 aromatic carbocycles. The highest BCUT2D eigenvalue weighted by Gasteiger charge is 2.44. The average Bonchev–Trinajstić information content (AvgIpc) is 3.01. The van der Waals surface area contributed by atoms with E-state index in [4.69, 9.17) is 0 Å². The number of aromatic amines is 1. The molecule has 2 atom stereocenters. The minimum absolute atomic E-state index is 0.0799. The van der Waals surface area contributed by atoms with E-state index < -0.39 is 0 Å². The van der Waals surface area contributed by atoms with Crippen molar-refractivity contribution in [2.24, 2.45) is 11.3 Å². The lowest BCUT2D eigenvalue weighted by molar-refractivity contribution is -0.133. The molecule has 5 nitrogen and oxygen atoms in total. The van der Waals surface area contributed by atoms with Crippen molar-refractivity contribution in [2.75, 3.05) is 13.1 Å². The Labute approximate surface area is 108 Å². The number of nitrogens with zero attached hydrogens (tertiary/aromatic N) is 1. The Bertz CT molecular complexity index is 393. The standard InChI is InChI=1S/C13H22N4O/c1-9(2)13(4-5-14-8-13)12(18)17-10(3)11-15-6-7-16-11/h6-7,9-10,14H,4-5,8H2,1-3H3,(H,15,16)(H,17,18). The summed E-state index contributed by atoms with van der Waals surface area (Å²) >= 11 is 0. The fourth-order valence-corrected chi connectivity index (χ4v) is 2.58. The van der Waals surface area contributed by atoms with Gasteiger partial charge in [-0.25, -0.2) is 4.98 Å². The van der Waals surface area contributed by atoms with Gasteiger partial charge in [0.15, 0.2) is 0 Å². The van der Waals surface area contributed by atoms with Gasteiger partial charge in [-0.2, -0.15) is 0 Å². The number of carbonyl (C=O) groups is 1. The minimum atomic E-state index is -0.277. The van der Waals surface area contributed by atoms with Gasteiger partial charge in [-0.15, -0.1) is 0 Å². The maximum atomic E-state index is 12.5. The van der Waals surface area contributed by atoms with Gasteiger partial charge in [-0.3, -0.25) is 4.79 Å². The number of amides is 1. The number of carbonyl (C=O) groups excluding carboxylic acids is 1. The van der Waals surface area contributed by atoms with Crippen molar-refractivity contribution in [3.05, 3.63) is 18.2 Å². The van der Waals surface area contributed by atoms with Gasteiger partial charge in [0.2, 0.25) is 5.91 Å². The monoisotopic (exact) mass is 250 g/mol. The summed E-state index contributed by atoms with van der Waals surface area (Å²) < 4.78 is 0. The average molecular weight is 250 g/mol. The highest BCUT2D eigenvalue weighted by Crippen LogP contribution is 2.34. The molecule has 0 aliphatic carbocycles. The molecule has 5 heteroatoms. The number of rotatable bonds is 4. The molecule has 0 spiro atoms. The summed E-state index contributed by atoms with van der Waals surface area (Å²) in [5.74, 6) is 1.26. The van der Waals surface area contributed by atoms with Gasteiger partial charge in [0.1, 0.15) is 5.82 Å². The van der Waals surface area contributed by atoms with Crippen LogP contribution in [0.3, 0.4) is 0 Å². The fraction of sp³-hybridized carbons (Fsp3) is 0.692. The van der Waals surface area contributed by atoms with Crippen molar-refractivity contribution >= 4 is 5.91 Å². The molecule has 1 fully saturated rings. The van der Waals surface area contributed by atoms with Crippen LogP contribution >= 0.6 is 0 Å². The summed E-state index contributed by atoms with van der Waals surface area (Å²) in [5, 5.41) is 6.37. The summed E-state index contributed by atoms with van der Waals surface area (Å²) in [4.78, 5) is 19.7. The zero-order valence-electron chi connectivity index (χ0n) is 11.3. The lowest BCUT2D eigenvalue weighted by Gasteiger charge is -2.32. The van der Waals surface area contributed by atoms with Gasteiger partial charge in [-0.1, -0.05) is 13.8 Å². The van der Waals surface area contributed by atoms with Crippen LogP contribution in [-0.4, -0.2) is 29.0 Å². The molecule has 1 aromatic rings. The molecule has 0 bridgehead atoms. The van der Waals surface area contributed by atoms with Crippen molar-refractivity contribution in [1.29, 1.82) is 0 Å². The summed E-state index contributed by atoms with van der Waals surface area (Å²) in [6.45, 7) is 7.86. The summed E-state index contributed by atoms with van der Waals surface area (Å²) in [6, 6.07) is -0.0799. The molecule has 0 saturated carbocycles. The molecule has 3 N–H and O–H groups in total. The van der Waals surface area contributed by atoms with E-state index in [0.717, 1.165) is 25.3 Å². The maximum absolute atomic E-state index is 12.5. The van der Waals surface area contributed by atoms with Crippen molar-refractivity contribution < 1.29 is 4.79 Å². The van der Waals surface area contributed by atoms with Crippen molar-refractivity contribution in [2.45, 2.75) is 33.2 Å². The Morgan fingerprint density at radius 1 is 1.50 bits per heavy atom. The van der Waals surface area contributed by atoms with Crippen LogP contribution in [0.2, 0.25) is 0 Å². The van der Waals surface area contributed by atoms with Crippen LogP contribution in [0.4, 0.5) is 0 Å². The van der Waals surface area contributed by atoms with Crippen LogP contribution in [0.1, 0.15) is 39.1 Å². The SMILES string of the molecule is CC(NC(=O)C1(C(C)C)CCNC1)c1ncc[nH]1. The molecule has 1 aliphatic rings. The number of hydrogen-bond acceptors (Lipinski definition) is 3. The zero-order chi connectivity index (χ0) is 13.2. The smallest absolute Gasteiger partial charge is 0.228 e. The molecule has 100 valence electrons.